The first-order valence-electron chi connectivity index (χ1n) is 14.0. The third kappa shape index (κ3) is 8.62. The van der Waals surface area contributed by atoms with Gasteiger partial charge in [0.15, 0.2) is 11.5 Å². The second kappa shape index (κ2) is 14.4. The summed E-state index contributed by atoms with van der Waals surface area (Å²) in [5, 5.41) is 2.87. The summed E-state index contributed by atoms with van der Waals surface area (Å²) in [6, 6.07) is 15.0. The zero-order valence-corrected chi connectivity index (χ0v) is 26.9. The molecule has 1 atom stereocenters. The fraction of sp³-hybridized carbons (Fsp3) is 0.375. The normalized spacial score (nSPS) is 12.2. The van der Waals surface area contributed by atoms with Crippen LogP contribution in [0.1, 0.15) is 40.2 Å². The number of carbonyl (C=O) groups is 2. The van der Waals surface area contributed by atoms with Gasteiger partial charge in [0.25, 0.3) is 10.0 Å². The van der Waals surface area contributed by atoms with Crippen molar-refractivity contribution in [2.75, 3.05) is 31.7 Å². The topological polar surface area (TPSA) is 114 Å². The van der Waals surface area contributed by atoms with Crippen molar-refractivity contribution in [1.82, 2.24) is 10.2 Å². The summed E-state index contributed by atoms with van der Waals surface area (Å²) in [7, 11) is -1.54. The number of methoxy groups -OCH3 is 2. The van der Waals surface area contributed by atoms with E-state index in [0.29, 0.717) is 23.7 Å². The van der Waals surface area contributed by atoms with Crippen molar-refractivity contribution in [2.24, 2.45) is 0 Å². The molecule has 0 radical (unpaired) electrons. The molecular formula is C32H40FN3O7S. The van der Waals surface area contributed by atoms with Gasteiger partial charge in [0.2, 0.25) is 11.8 Å². The molecule has 0 fully saturated rings. The SMILES string of the molecule is CCOc1ccc(N(CC(=O)N(Cc2ccc(F)cc2)C(C)C(=O)NC(C)(C)C)S(=O)(=O)c2ccc(OC)c(OC)c2)cc1. The third-order valence-electron chi connectivity index (χ3n) is 6.59. The summed E-state index contributed by atoms with van der Waals surface area (Å²) in [6.07, 6.45) is 0. The van der Waals surface area contributed by atoms with Crippen molar-refractivity contribution in [3.8, 4) is 17.2 Å². The van der Waals surface area contributed by atoms with E-state index in [2.05, 4.69) is 5.32 Å². The Balaban J connectivity index is 2.09. The Morgan fingerprint density at radius 3 is 2.09 bits per heavy atom. The summed E-state index contributed by atoms with van der Waals surface area (Å²) in [5.41, 5.74) is 0.178. The first-order valence-corrected chi connectivity index (χ1v) is 15.5. The lowest BCUT2D eigenvalue weighted by Gasteiger charge is -2.33. The van der Waals surface area contributed by atoms with Gasteiger partial charge in [0, 0.05) is 18.2 Å². The molecule has 44 heavy (non-hydrogen) atoms. The first-order chi connectivity index (χ1) is 20.7. The fourth-order valence-corrected chi connectivity index (χ4v) is 5.78. The standard InChI is InChI=1S/C32H40FN3O7S/c1-8-43-26-15-13-25(14-16-26)36(44(39,40)27-17-18-28(41-6)29(19-27)42-7)21-30(37)35(20-23-9-11-24(33)12-10-23)22(2)31(38)34-32(3,4)5/h9-19,22H,8,20-21H2,1-7H3,(H,34,38). The summed E-state index contributed by atoms with van der Waals surface area (Å²) in [4.78, 5) is 28.4. The molecule has 12 heteroatoms. The van der Waals surface area contributed by atoms with Crippen molar-refractivity contribution < 1.29 is 36.6 Å². The van der Waals surface area contributed by atoms with E-state index >= 15 is 0 Å². The average Bonchev–Trinajstić information content (AvgIpc) is 2.98. The molecular weight excluding hydrogens is 589 g/mol. The molecule has 3 aromatic rings. The highest BCUT2D eigenvalue weighted by Crippen LogP contribution is 2.33. The Hall–Kier alpha value is -4.32. The third-order valence-corrected chi connectivity index (χ3v) is 8.36. The highest BCUT2D eigenvalue weighted by atomic mass is 32.2. The summed E-state index contributed by atoms with van der Waals surface area (Å²) in [6.45, 7) is 8.54. The molecule has 10 nitrogen and oxygen atoms in total. The molecule has 0 aromatic heterocycles. The zero-order chi connectivity index (χ0) is 32.7. The van der Waals surface area contributed by atoms with Gasteiger partial charge in [-0.3, -0.25) is 13.9 Å². The van der Waals surface area contributed by atoms with E-state index in [4.69, 9.17) is 14.2 Å². The van der Waals surface area contributed by atoms with Crippen molar-refractivity contribution in [1.29, 1.82) is 0 Å². The molecule has 0 spiro atoms. The number of nitrogens with zero attached hydrogens (tertiary/aromatic N) is 2. The molecule has 238 valence electrons. The number of rotatable bonds is 13. The van der Waals surface area contributed by atoms with Gasteiger partial charge in [0.05, 0.1) is 31.4 Å². The lowest BCUT2D eigenvalue weighted by molar-refractivity contribution is -0.140. The number of ether oxygens (including phenoxy) is 3. The minimum absolute atomic E-state index is 0.0641. The van der Waals surface area contributed by atoms with E-state index in [1.807, 2.05) is 27.7 Å². The maximum absolute atomic E-state index is 14.2. The smallest absolute Gasteiger partial charge is 0.264 e. The number of benzene rings is 3. The van der Waals surface area contributed by atoms with Crippen LogP contribution in [0, 0.1) is 5.82 Å². The van der Waals surface area contributed by atoms with Crippen LogP contribution in [0.4, 0.5) is 10.1 Å². The molecule has 0 aliphatic rings. The lowest BCUT2D eigenvalue weighted by atomic mass is 10.1. The van der Waals surface area contributed by atoms with Crippen LogP contribution in [-0.2, 0) is 26.2 Å². The van der Waals surface area contributed by atoms with Crippen LogP contribution in [0.3, 0.4) is 0 Å². The van der Waals surface area contributed by atoms with Gasteiger partial charge in [-0.2, -0.15) is 0 Å². The Labute approximate surface area is 258 Å². The minimum atomic E-state index is -4.36. The largest absolute Gasteiger partial charge is 0.494 e. The second-order valence-electron chi connectivity index (χ2n) is 11.0. The van der Waals surface area contributed by atoms with Crippen LogP contribution in [0.25, 0.3) is 0 Å². The van der Waals surface area contributed by atoms with Crippen LogP contribution in [0.15, 0.2) is 71.6 Å². The highest BCUT2D eigenvalue weighted by Gasteiger charge is 2.34. The molecule has 2 amide bonds. The average molecular weight is 630 g/mol. The van der Waals surface area contributed by atoms with Crippen molar-refractivity contribution >= 4 is 27.5 Å². The van der Waals surface area contributed by atoms with Gasteiger partial charge in [-0.1, -0.05) is 12.1 Å². The Bertz CT molecular complexity index is 1540. The lowest BCUT2D eigenvalue weighted by Crippen LogP contribution is -2.54. The first kappa shape index (κ1) is 34.2. The van der Waals surface area contributed by atoms with Crippen molar-refractivity contribution in [2.45, 2.75) is 57.6 Å². The maximum Gasteiger partial charge on any atom is 0.264 e. The van der Waals surface area contributed by atoms with E-state index in [-0.39, 0.29) is 22.9 Å². The molecule has 1 unspecified atom stereocenters. The number of carbonyl (C=O) groups excluding carboxylic acids is 2. The Morgan fingerprint density at radius 2 is 1.55 bits per heavy atom. The molecule has 0 saturated heterocycles. The van der Waals surface area contributed by atoms with E-state index < -0.39 is 45.8 Å². The van der Waals surface area contributed by atoms with Gasteiger partial charge in [-0.25, -0.2) is 12.8 Å². The molecule has 0 aliphatic heterocycles. The number of sulfonamides is 1. The second-order valence-corrected chi connectivity index (χ2v) is 12.9. The number of amides is 2. The van der Waals surface area contributed by atoms with Crippen LogP contribution < -0.4 is 23.8 Å². The van der Waals surface area contributed by atoms with Gasteiger partial charge in [-0.05, 0) is 88.7 Å². The summed E-state index contributed by atoms with van der Waals surface area (Å²) < 4.78 is 59.0. The van der Waals surface area contributed by atoms with Crippen molar-refractivity contribution in [3.05, 3.63) is 78.1 Å². The Kier molecular flexibility index (Phi) is 11.2. The fourth-order valence-electron chi connectivity index (χ4n) is 4.35. The van der Waals surface area contributed by atoms with E-state index in [9.17, 15) is 22.4 Å². The zero-order valence-electron chi connectivity index (χ0n) is 26.1. The van der Waals surface area contributed by atoms with E-state index in [1.165, 1.54) is 73.7 Å². The predicted molar refractivity (Wildman–Crippen MR) is 166 cm³/mol. The van der Waals surface area contributed by atoms with Gasteiger partial charge < -0.3 is 24.4 Å². The molecule has 0 heterocycles. The number of halogens is 1. The van der Waals surface area contributed by atoms with E-state index in [0.717, 1.165) is 4.31 Å². The quantitative estimate of drug-likeness (QED) is 0.290. The number of anilines is 1. The summed E-state index contributed by atoms with van der Waals surface area (Å²) >= 11 is 0. The predicted octanol–water partition coefficient (Wildman–Crippen LogP) is 4.77. The monoisotopic (exact) mass is 629 g/mol. The molecule has 0 saturated carbocycles. The van der Waals surface area contributed by atoms with Gasteiger partial charge in [0.1, 0.15) is 24.2 Å². The Morgan fingerprint density at radius 1 is 0.932 bits per heavy atom. The molecule has 0 aliphatic carbocycles. The number of nitrogens with one attached hydrogen (secondary N) is 1. The molecule has 0 bridgehead atoms. The molecule has 1 N–H and O–H groups in total. The number of hydrogen-bond acceptors (Lipinski definition) is 7. The molecule has 3 aromatic carbocycles. The van der Waals surface area contributed by atoms with Crippen LogP contribution in [-0.4, -0.2) is 64.1 Å². The highest BCUT2D eigenvalue weighted by molar-refractivity contribution is 7.92. The van der Waals surface area contributed by atoms with Crippen LogP contribution >= 0.6 is 0 Å². The van der Waals surface area contributed by atoms with Crippen LogP contribution in [0.5, 0.6) is 17.2 Å². The van der Waals surface area contributed by atoms with Gasteiger partial charge >= 0.3 is 0 Å². The maximum atomic E-state index is 14.2. The van der Waals surface area contributed by atoms with Gasteiger partial charge in [-0.15, -0.1) is 0 Å². The number of hydrogen-bond donors (Lipinski definition) is 1. The molecule has 3 rings (SSSR count). The van der Waals surface area contributed by atoms with Crippen molar-refractivity contribution in [3.63, 3.8) is 0 Å². The minimum Gasteiger partial charge on any atom is -0.494 e. The van der Waals surface area contributed by atoms with Crippen LogP contribution in [0.2, 0.25) is 0 Å². The summed E-state index contributed by atoms with van der Waals surface area (Å²) in [5.74, 6) is -0.479. The van der Waals surface area contributed by atoms with E-state index in [1.54, 1.807) is 19.1 Å².